The van der Waals surface area contributed by atoms with E-state index in [0.717, 1.165) is 30.4 Å². The Bertz CT molecular complexity index is 809. The topological polar surface area (TPSA) is 70.4 Å². The molecule has 146 valence electrons. The maximum absolute atomic E-state index is 12.9. The fourth-order valence-corrected chi connectivity index (χ4v) is 3.79. The van der Waals surface area contributed by atoms with Crippen LogP contribution in [0.25, 0.3) is 0 Å². The van der Waals surface area contributed by atoms with Crippen LogP contribution in [-0.4, -0.2) is 39.0 Å². The van der Waals surface area contributed by atoms with Gasteiger partial charge in [-0.25, -0.2) is 4.79 Å². The van der Waals surface area contributed by atoms with Crippen molar-refractivity contribution >= 4 is 29.2 Å². The van der Waals surface area contributed by atoms with Crippen molar-refractivity contribution < 1.29 is 9.90 Å². The Balaban J connectivity index is 1.72. The summed E-state index contributed by atoms with van der Waals surface area (Å²) in [6, 6.07) is 5.15. The number of hydrogen-bond acceptors (Lipinski definition) is 3. The Labute approximate surface area is 169 Å². The van der Waals surface area contributed by atoms with Crippen LogP contribution < -0.4 is 5.32 Å². The summed E-state index contributed by atoms with van der Waals surface area (Å²) < 4.78 is 1.88. The largest absolute Gasteiger partial charge is 0.396 e. The number of carbonyl (C=O) groups is 1. The Kier molecular flexibility index (Phi) is 6.63. The van der Waals surface area contributed by atoms with E-state index in [1.54, 1.807) is 17.0 Å². The average Bonchev–Trinajstić information content (AvgIpc) is 3.04. The number of nitrogens with zero attached hydrogens (tertiary/aromatic N) is 3. The second-order valence-electron chi connectivity index (χ2n) is 6.81. The lowest BCUT2D eigenvalue weighted by molar-refractivity contribution is 0.181. The monoisotopic (exact) mass is 410 g/mol. The third-order valence-electron chi connectivity index (χ3n) is 4.90. The van der Waals surface area contributed by atoms with E-state index in [-0.39, 0.29) is 18.7 Å². The molecule has 0 saturated heterocycles. The second-order valence-corrected chi connectivity index (χ2v) is 7.63. The summed E-state index contributed by atoms with van der Waals surface area (Å²) in [6.45, 7) is 0.881. The van der Waals surface area contributed by atoms with Gasteiger partial charge in [-0.05, 0) is 43.4 Å². The van der Waals surface area contributed by atoms with Gasteiger partial charge < -0.3 is 15.3 Å². The highest BCUT2D eigenvalue weighted by molar-refractivity contribution is 6.42. The lowest BCUT2D eigenvalue weighted by Gasteiger charge is -2.29. The van der Waals surface area contributed by atoms with Gasteiger partial charge in [0.05, 0.1) is 22.3 Å². The first-order valence-electron chi connectivity index (χ1n) is 9.10. The molecule has 1 aromatic heterocycles. The van der Waals surface area contributed by atoms with Gasteiger partial charge in [0.25, 0.3) is 0 Å². The van der Waals surface area contributed by atoms with Crippen molar-refractivity contribution in [3.8, 4) is 0 Å². The van der Waals surface area contributed by atoms with E-state index in [0.29, 0.717) is 29.6 Å². The van der Waals surface area contributed by atoms with Gasteiger partial charge in [-0.2, -0.15) is 5.10 Å². The highest BCUT2D eigenvalue weighted by atomic mass is 35.5. The molecule has 2 aromatic rings. The Morgan fingerprint density at radius 1 is 1.41 bits per heavy atom. The minimum atomic E-state index is -0.156. The predicted octanol–water partition coefficient (Wildman–Crippen LogP) is 3.70. The van der Waals surface area contributed by atoms with Crippen LogP contribution in [0.15, 0.2) is 24.4 Å². The van der Waals surface area contributed by atoms with Gasteiger partial charge in [-0.15, -0.1) is 0 Å². The summed E-state index contributed by atoms with van der Waals surface area (Å²) in [7, 11) is 1.93. The summed E-state index contributed by atoms with van der Waals surface area (Å²) in [6.07, 6.45) is 5.25. The highest BCUT2D eigenvalue weighted by Gasteiger charge is 2.26. The number of amides is 2. The van der Waals surface area contributed by atoms with Crippen molar-refractivity contribution in [3.63, 3.8) is 0 Å². The molecule has 0 spiro atoms. The van der Waals surface area contributed by atoms with Gasteiger partial charge in [-0.3, -0.25) is 4.68 Å². The summed E-state index contributed by atoms with van der Waals surface area (Å²) in [5.74, 6) is 0. The van der Waals surface area contributed by atoms with Crippen LogP contribution in [0.3, 0.4) is 0 Å². The van der Waals surface area contributed by atoms with E-state index in [1.807, 2.05) is 24.0 Å². The van der Waals surface area contributed by atoms with Crippen LogP contribution in [-0.2, 0) is 20.0 Å². The number of halogens is 2. The molecule has 0 saturated carbocycles. The molecule has 0 aliphatic heterocycles. The Morgan fingerprint density at radius 3 is 2.96 bits per heavy atom. The normalized spacial score (nSPS) is 16.1. The van der Waals surface area contributed by atoms with E-state index in [4.69, 9.17) is 23.2 Å². The minimum Gasteiger partial charge on any atom is -0.396 e. The number of aromatic nitrogens is 2. The van der Waals surface area contributed by atoms with Crippen LogP contribution in [0.4, 0.5) is 4.79 Å². The van der Waals surface area contributed by atoms with E-state index in [1.165, 1.54) is 5.69 Å². The SMILES string of the molecule is Cn1ncc2c1CCCC2NC(=O)N(CCCO)Cc1ccc(Cl)c(Cl)c1. The summed E-state index contributed by atoms with van der Waals surface area (Å²) in [5, 5.41) is 17.6. The number of aliphatic hydroxyl groups is 1. The smallest absolute Gasteiger partial charge is 0.318 e. The molecule has 8 heteroatoms. The first-order valence-corrected chi connectivity index (χ1v) is 9.86. The lowest BCUT2D eigenvalue weighted by atomic mass is 9.93. The molecule has 0 fully saturated rings. The van der Waals surface area contributed by atoms with E-state index < -0.39 is 0 Å². The second kappa shape index (κ2) is 8.95. The zero-order chi connectivity index (χ0) is 19.4. The van der Waals surface area contributed by atoms with Crippen molar-refractivity contribution in [2.75, 3.05) is 13.2 Å². The van der Waals surface area contributed by atoms with Gasteiger partial charge in [0.1, 0.15) is 0 Å². The molecule has 1 unspecified atom stereocenters. The molecule has 1 aliphatic rings. The Morgan fingerprint density at radius 2 is 2.22 bits per heavy atom. The third-order valence-corrected chi connectivity index (χ3v) is 5.64. The van der Waals surface area contributed by atoms with Crippen LogP contribution in [0, 0.1) is 0 Å². The molecule has 2 amide bonds. The quantitative estimate of drug-likeness (QED) is 0.762. The number of rotatable bonds is 6. The zero-order valence-electron chi connectivity index (χ0n) is 15.3. The standard InChI is InChI=1S/C19H24Cl2N4O2/c1-24-18-5-2-4-17(14(18)11-22-24)23-19(27)25(8-3-9-26)12-13-6-7-15(20)16(21)10-13/h6-7,10-11,17,26H,2-5,8-9,12H2,1H3,(H,23,27). The van der Waals surface area contributed by atoms with Crippen LogP contribution >= 0.6 is 23.2 Å². The molecule has 6 nitrogen and oxygen atoms in total. The van der Waals surface area contributed by atoms with Gasteiger partial charge in [0, 0.05) is 38.0 Å². The molecule has 1 aromatic carbocycles. The zero-order valence-corrected chi connectivity index (χ0v) is 16.8. The summed E-state index contributed by atoms with van der Waals surface area (Å²) in [4.78, 5) is 14.6. The molecular weight excluding hydrogens is 387 g/mol. The molecule has 1 aliphatic carbocycles. The highest BCUT2D eigenvalue weighted by Crippen LogP contribution is 2.29. The van der Waals surface area contributed by atoms with Gasteiger partial charge >= 0.3 is 6.03 Å². The number of hydrogen-bond donors (Lipinski definition) is 2. The molecule has 0 radical (unpaired) electrons. The maximum atomic E-state index is 12.9. The molecule has 1 heterocycles. The first kappa shape index (κ1) is 20.0. The summed E-state index contributed by atoms with van der Waals surface area (Å²) in [5.41, 5.74) is 3.16. The predicted molar refractivity (Wildman–Crippen MR) is 106 cm³/mol. The molecule has 3 rings (SSSR count). The number of fused-ring (bicyclic) bond motifs is 1. The van der Waals surface area contributed by atoms with Crippen LogP contribution in [0.5, 0.6) is 0 Å². The van der Waals surface area contributed by atoms with Crippen molar-refractivity contribution in [1.29, 1.82) is 0 Å². The third kappa shape index (κ3) is 4.75. The van der Waals surface area contributed by atoms with Gasteiger partial charge in [0.15, 0.2) is 0 Å². The number of aliphatic hydroxyl groups excluding tert-OH is 1. The minimum absolute atomic E-state index is 0.0291. The maximum Gasteiger partial charge on any atom is 0.318 e. The molecule has 1 atom stereocenters. The van der Waals surface area contributed by atoms with Crippen LogP contribution in [0.1, 0.15) is 42.1 Å². The van der Waals surface area contributed by atoms with Gasteiger partial charge in [-0.1, -0.05) is 29.3 Å². The number of carbonyl (C=O) groups excluding carboxylic acids is 1. The molecule has 27 heavy (non-hydrogen) atoms. The molecular formula is C19H24Cl2N4O2. The average molecular weight is 411 g/mol. The summed E-state index contributed by atoms with van der Waals surface area (Å²) >= 11 is 12.1. The van der Waals surface area contributed by atoms with Crippen LogP contribution in [0.2, 0.25) is 10.0 Å². The van der Waals surface area contributed by atoms with Gasteiger partial charge in [0.2, 0.25) is 0 Å². The molecule has 0 bridgehead atoms. The Hall–Kier alpha value is -1.76. The number of urea groups is 1. The van der Waals surface area contributed by atoms with E-state index in [9.17, 15) is 9.90 Å². The lowest BCUT2D eigenvalue weighted by Crippen LogP contribution is -2.42. The first-order chi connectivity index (χ1) is 13.0. The van der Waals surface area contributed by atoms with Crippen molar-refractivity contribution in [1.82, 2.24) is 20.0 Å². The fourth-order valence-electron chi connectivity index (χ4n) is 3.47. The van der Waals surface area contributed by atoms with E-state index >= 15 is 0 Å². The van der Waals surface area contributed by atoms with Crippen molar-refractivity contribution in [2.24, 2.45) is 7.05 Å². The number of nitrogens with one attached hydrogen (secondary N) is 1. The van der Waals surface area contributed by atoms with Crippen molar-refractivity contribution in [3.05, 3.63) is 51.3 Å². The fraction of sp³-hybridized carbons (Fsp3) is 0.474. The molecule has 2 N–H and O–H groups in total. The number of benzene rings is 1. The van der Waals surface area contributed by atoms with E-state index in [2.05, 4.69) is 10.4 Å². The number of aryl methyl sites for hydroxylation is 1. The van der Waals surface area contributed by atoms with Crippen molar-refractivity contribution in [2.45, 2.75) is 38.3 Å².